The number of halogens is 2. The van der Waals surface area contributed by atoms with E-state index in [2.05, 4.69) is 26.8 Å². The number of anilines is 1. The number of carbonyl (C=O) groups excluding carboxylic acids is 1. The molecule has 1 saturated heterocycles. The highest BCUT2D eigenvalue weighted by Crippen LogP contribution is 2.45. The molecule has 2 aromatic heterocycles. The van der Waals surface area contributed by atoms with Crippen molar-refractivity contribution >= 4 is 46.1 Å². The zero-order valence-corrected chi connectivity index (χ0v) is 24.7. The number of likely N-dealkylation sites (tertiary alicyclic amines) is 1. The highest BCUT2D eigenvalue weighted by Gasteiger charge is 2.26. The Morgan fingerprint density at radius 2 is 1.85 bits per heavy atom. The molecule has 1 aliphatic heterocycles. The van der Waals surface area contributed by atoms with E-state index in [1.807, 2.05) is 18.9 Å². The molecule has 12 heteroatoms. The van der Waals surface area contributed by atoms with Crippen molar-refractivity contribution in [2.75, 3.05) is 52.8 Å². The number of rotatable bonds is 10. The molecule has 214 valence electrons. The van der Waals surface area contributed by atoms with E-state index in [0.717, 1.165) is 12.8 Å². The van der Waals surface area contributed by atoms with Crippen LogP contribution < -0.4 is 20.3 Å². The van der Waals surface area contributed by atoms with Gasteiger partial charge in [0.05, 0.1) is 29.8 Å². The van der Waals surface area contributed by atoms with Crippen molar-refractivity contribution in [1.29, 1.82) is 0 Å². The van der Waals surface area contributed by atoms with Gasteiger partial charge in [-0.15, -0.1) is 0 Å². The van der Waals surface area contributed by atoms with Crippen LogP contribution in [-0.2, 0) is 11.3 Å². The number of ether oxygens (including phenoxy) is 2. The molecule has 0 unspecified atom stereocenters. The first-order valence-electron chi connectivity index (χ1n) is 13.1. The number of carbonyl (C=O) groups is 1. The summed E-state index contributed by atoms with van der Waals surface area (Å²) in [7, 11) is 5.01. The second-order valence-electron chi connectivity index (χ2n) is 9.54. The highest BCUT2D eigenvalue weighted by atomic mass is 35.5. The fourth-order valence-electron chi connectivity index (χ4n) is 5.01. The summed E-state index contributed by atoms with van der Waals surface area (Å²) >= 11 is 13.4. The van der Waals surface area contributed by atoms with Gasteiger partial charge in [0.2, 0.25) is 11.9 Å². The molecular weight excluding hydrogens is 555 g/mol. The van der Waals surface area contributed by atoms with Crippen LogP contribution in [0.25, 0.3) is 22.2 Å². The lowest BCUT2D eigenvalue weighted by Crippen LogP contribution is -2.46. The fraction of sp³-hybridized carbons (Fsp3) is 0.429. The van der Waals surface area contributed by atoms with Crippen molar-refractivity contribution < 1.29 is 14.3 Å². The number of fused-ring (bicyclic) bond motifs is 1. The first-order chi connectivity index (χ1) is 19.2. The second-order valence-corrected chi connectivity index (χ2v) is 10.3. The minimum absolute atomic E-state index is 0.0430. The Morgan fingerprint density at radius 1 is 1.20 bits per heavy atom. The predicted molar refractivity (Wildman–Crippen MR) is 159 cm³/mol. The van der Waals surface area contributed by atoms with E-state index >= 15 is 0 Å². The van der Waals surface area contributed by atoms with Crippen LogP contribution in [0.5, 0.6) is 11.5 Å². The summed E-state index contributed by atoms with van der Waals surface area (Å²) in [6.07, 6.45) is 4.71. The number of likely N-dealkylation sites (N-methyl/N-ethyl adjacent to an activating group) is 1. The van der Waals surface area contributed by atoms with E-state index in [9.17, 15) is 9.59 Å². The van der Waals surface area contributed by atoms with Crippen LogP contribution in [0.1, 0.15) is 19.8 Å². The number of methoxy groups -OCH3 is 2. The summed E-state index contributed by atoms with van der Waals surface area (Å²) in [5, 5.41) is 4.19. The Labute approximate surface area is 243 Å². The van der Waals surface area contributed by atoms with Gasteiger partial charge in [0, 0.05) is 62.0 Å². The highest BCUT2D eigenvalue weighted by molar-refractivity contribution is 6.41. The van der Waals surface area contributed by atoms with Crippen molar-refractivity contribution in [3.63, 3.8) is 0 Å². The van der Waals surface area contributed by atoms with Gasteiger partial charge in [0.1, 0.15) is 17.1 Å². The number of nitrogens with one attached hydrogen (secondary N) is 1. The maximum absolute atomic E-state index is 14.1. The Bertz CT molecular complexity index is 1440. The molecule has 10 nitrogen and oxygen atoms in total. The van der Waals surface area contributed by atoms with E-state index < -0.39 is 0 Å². The van der Waals surface area contributed by atoms with Gasteiger partial charge in [0.25, 0.3) is 5.56 Å². The molecular formula is C28H34Cl2N6O4. The lowest BCUT2D eigenvalue weighted by atomic mass is 10.0. The van der Waals surface area contributed by atoms with Crippen molar-refractivity contribution in [3.05, 3.63) is 51.4 Å². The fourth-order valence-corrected chi connectivity index (χ4v) is 5.71. The molecule has 0 spiro atoms. The third kappa shape index (κ3) is 5.89. The Hall–Kier alpha value is -3.34. The number of nitrogens with zero attached hydrogens (tertiary/aromatic N) is 5. The molecule has 0 saturated carbocycles. The van der Waals surface area contributed by atoms with Crippen LogP contribution in [0.2, 0.25) is 10.0 Å². The van der Waals surface area contributed by atoms with Gasteiger partial charge in [-0.2, -0.15) is 4.98 Å². The first-order valence-corrected chi connectivity index (χ1v) is 13.9. The molecule has 0 atom stereocenters. The number of benzene rings is 1. The molecule has 1 fully saturated rings. The predicted octanol–water partition coefficient (Wildman–Crippen LogP) is 4.32. The van der Waals surface area contributed by atoms with Crippen LogP contribution in [0.4, 0.5) is 5.95 Å². The van der Waals surface area contributed by atoms with Gasteiger partial charge in [-0.25, -0.2) is 4.98 Å². The maximum atomic E-state index is 14.1. The monoisotopic (exact) mass is 588 g/mol. The molecule has 0 bridgehead atoms. The van der Waals surface area contributed by atoms with Crippen LogP contribution in [0.3, 0.4) is 0 Å². The van der Waals surface area contributed by atoms with Crippen LogP contribution in [0, 0.1) is 0 Å². The van der Waals surface area contributed by atoms with Gasteiger partial charge in [0.15, 0.2) is 0 Å². The van der Waals surface area contributed by atoms with Crippen molar-refractivity contribution in [1.82, 2.24) is 24.3 Å². The molecule has 3 aromatic rings. The summed E-state index contributed by atoms with van der Waals surface area (Å²) in [6, 6.07) is 3.56. The third-order valence-corrected chi connectivity index (χ3v) is 8.01. The summed E-state index contributed by atoms with van der Waals surface area (Å²) in [6.45, 7) is 8.47. The van der Waals surface area contributed by atoms with Crippen molar-refractivity contribution in [2.24, 2.45) is 0 Å². The van der Waals surface area contributed by atoms with Gasteiger partial charge in [-0.3, -0.25) is 14.2 Å². The summed E-state index contributed by atoms with van der Waals surface area (Å²) in [4.78, 5) is 39.2. The number of piperidine rings is 1. The van der Waals surface area contributed by atoms with E-state index in [1.54, 1.807) is 22.9 Å². The molecule has 3 heterocycles. The van der Waals surface area contributed by atoms with Gasteiger partial charge < -0.3 is 24.6 Å². The van der Waals surface area contributed by atoms with Crippen LogP contribution >= 0.6 is 23.2 Å². The summed E-state index contributed by atoms with van der Waals surface area (Å²) in [5.74, 6) is 1.06. The average Bonchev–Trinajstić information content (AvgIpc) is 2.97. The lowest BCUT2D eigenvalue weighted by molar-refractivity contribution is -0.127. The molecule has 40 heavy (non-hydrogen) atoms. The molecule has 1 aliphatic rings. The van der Waals surface area contributed by atoms with E-state index in [0.29, 0.717) is 72.3 Å². The van der Waals surface area contributed by atoms with Crippen molar-refractivity contribution in [2.45, 2.75) is 32.4 Å². The number of hydrogen-bond acceptors (Lipinski definition) is 8. The smallest absolute Gasteiger partial charge is 0.260 e. The van der Waals surface area contributed by atoms with E-state index in [1.165, 1.54) is 20.3 Å². The van der Waals surface area contributed by atoms with Gasteiger partial charge >= 0.3 is 0 Å². The number of amides is 1. The zero-order valence-electron chi connectivity index (χ0n) is 23.2. The average molecular weight is 590 g/mol. The molecule has 1 N–H and O–H groups in total. The Balaban J connectivity index is 1.75. The number of aromatic nitrogens is 3. The Kier molecular flexibility index (Phi) is 9.55. The molecule has 1 amide bonds. The molecule has 0 radical (unpaired) electrons. The maximum Gasteiger partial charge on any atom is 0.260 e. The minimum atomic E-state index is -0.299. The standard InChI is InChI=1S/C28H34Cl2N6O4/c1-6-22(37)35-10-8-18(9-11-35)34(3)12-13-36-26-17(16-32-28(33-26)31-7-2)14-19(27(36)38)23-24(29)20(39-4)15-21(40-5)25(23)30/h6,14-16,18H,1,7-13H2,2-5H3,(H,31,32,33). The largest absolute Gasteiger partial charge is 0.495 e. The van der Waals surface area contributed by atoms with Crippen LogP contribution in [0.15, 0.2) is 35.8 Å². The summed E-state index contributed by atoms with van der Waals surface area (Å²) in [5.41, 5.74) is 0.816. The third-order valence-electron chi connectivity index (χ3n) is 7.26. The minimum Gasteiger partial charge on any atom is -0.495 e. The zero-order chi connectivity index (χ0) is 29.0. The second kappa shape index (κ2) is 12.9. The normalized spacial score (nSPS) is 14.0. The summed E-state index contributed by atoms with van der Waals surface area (Å²) < 4.78 is 12.5. The van der Waals surface area contributed by atoms with Crippen molar-refractivity contribution in [3.8, 4) is 22.6 Å². The SMILES string of the molecule is C=CC(=O)N1CCC(N(C)CCn2c(=O)c(-c3c(Cl)c(OC)cc(OC)c3Cl)cc3cnc(NCC)nc32)CC1. The Morgan fingerprint density at radius 3 is 2.42 bits per heavy atom. The molecule has 1 aromatic carbocycles. The van der Waals surface area contributed by atoms with Crippen LogP contribution in [-0.4, -0.2) is 83.7 Å². The molecule has 4 rings (SSSR count). The lowest BCUT2D eigenvalue weighted by Gasteiger charge is -2.36. The topological polar surface area (TPSA) is 102 Å². The quantitative estimate of drug-likeness (QED) is 0.349. The number of pyridine rings is 1. The van der Waals surface area contributed by atoms with Gasteiger partial charge in [-0.05, 0) is 39.0 Å². The van der Waals surface area contributed by atoms with E-state index in [4.69, 9.17) is 32.7 Å². The molecule has 0 aliphatic carbocycles. The van der Waals surface area contributed by atoms with Gasteiger partial charge in [-0.1, -0.05) is 29.8 Å². The number of hydrogen-bond donors (Lipinski definition) is 1. The first kappa shape index (κ1) is 29.6. The van der Waals surface area contributed by atoms with E-state index in [-0.39, 0.29) is 27.6 Å².